The molecule has 0 fully saturated rings. The Balaban J connectivity index is 1.70. The first-order valence-electron chi connectivity index (χ1n) is 8.19. The van der Waals surface area contributed by atoms with Gasteiger partial charge in [-0.3, -0.25) is 4.98 Å². The molecule has 0 atom stereocenters. The normalized spacial score (nSPS) is 10.7. The summed E-state index contributed by atoms with van der Waals surface area (Å²) < 4.78 is 6.20. The fourth-order valence-corrected chi connectivity index (χ4v) is 3.63. The molecule has 2 aromatic carbocycles. The Morgan fingerprint density at radius 2 is 2.07 bits per heavy atom. The van der Waals surface area contributed by atoms with Crippen molar-refractivity contribution in [2.75, 3.05) is 5.32 Å². The van der Waals surface area contributed by atoms with E-state index < -0.39 is 0 Å². The largest absolute Gasteiger partial charge is 0.472 e. The lowest BCUT2D eigenvalue weighted by molar-refractivity contribution is 0.564. The van der Waals surface area contributed by atoms with Crippen LogP contribution in [0.3, 0.4) is 0 Å². The average molecular weight is 486 g/mol. The Kier molecular flexibility index (Phi) is 5.01. The van der Waals surface area contributed by atoms with Crippen LogP contribution in [0.1, 0.15) is 16.7 Å². The number of furan rings is 1. The molecule has 0 spiro atoms. The lowest BCUT2D eigenvalue weighted by Gasteiger charge is -2.13. The highest BCUT2D eigenvalue weighted by Crippen LogP contribution is 2.31. The molecule has 0 unspecified atom stereocenters. The fourth-order valence-electron chi connectivity index (χ4n) is 2.91. The summed E-state index contributed by atoms with van der Waals surface area (Å²) in [5.74, 6) is 0. The molecule has 2 heterocycles. The van der Waals surface area contributed by atoms with Gasteiger partial charge in [-0.2, -0.15) is 5.26 Å². The molecule has 0 saturated heterocycles. The summed E-state index contributed by atoms with van der Waals surface area (Å²) in [7, 11) is 0. The number of halogens is 2. The van der Waals surface area contributed by atoms with E-state index in [1.807, 2.05) is 42.5 Å². The first-order valence-corrected chi connectivity index (χ1v) is 9.64. The van der Waals surface area contributed by atoms with Gasteiger partial charge >= 0.3 is 0 Å². The van der Waals surface area contributed by atoms with Crippen LogP contribution in [0.25, 0.3) is 10.9 Å². The maximum atomic E-state index is 9.49. The number of benzene rings is 2. The number of nitriles is 1. The molecule has 0 aliphatic carbocycles. The second-order valence-electron chi connectivity index (χ2n) is 6.06. The van der Waals surface area contributed by atoms with Crippen molar-refractivity contribution in [2.24, 2.45) is 0 Å². The lowest BCUT2D eigenvalue weighted by atomic mass is 10.1. The average Bonchev–Trinajstić information content (AvgIpc) is 3.17. The quantitative estimate of drug-likeness (QED) is 0.345. The van der Waals surface area contributed by atoms with Gasteiger partial charge in [0.25, 0.3) is 0 Å². The Labute approximate surface area is 174 Å². The van der Waals surface area contributed by atoms with Crippen molar-refractivity contribution in [1.29, 1.82) is 5.26 Å². The number of rotatable bonds is 4. The van der Waals surface area contributed by atoms with Crippen LogP contribution >= 0.6 is 34.2 Å². The topological polar surface area (TPSA) is 61.9 Å². The fraction of sp³-hybridized carbons (Fsp3) is 0.0476. The van der Waals surface area contributed by atoms with Gasteiger partial charge in [-0.05, 0) is 70.1 Å². The van der Waals surface area contributed by atoms with Crippen LogP contribution in [-0.4, -0.2) is 4.98 Å². The van der Waals surface area contributed by atoms with Gasteiger partial charge < -0.3 is 9.73 Å². The van der Waals surface area contributed by atoms with Crippen molar-refractivity contribution in [3.8, 4) is 6.07 Å². The van der Waals surface area contributed by atoms with Crippen LogP contribution in [0.2, 0.25) is 5.02 Å². The molecule has 0 amide bonds. The highest BCUT2D eigenvalue weighted by Gasteiger charge is 2.11. The molecule has 2 aromatic heterocycles. The number of aromatic nitrogens is 1. The summed E-state index contributed by atoms with van der Waals surface area (Å²) >= 11 is 8.72. The summed E-state index contributed by atoms with van der Waals surface area (Å²) in [5.41, 5.74) is 4.96. The third kappa shape index (κ3) is 3.77. The molecule has 27 heavy (non-hydrogen) atoms. The smallest absolute Gasteiger partial charge is 0.103 e. The van der Waals surface area contributed by atoms with Crippen molar-refractivity contribution < 1.29 is 4.42 Å². The molecule has 4 aromatic rings. The summed E-state index contributed by atoms with van der Waals surface area (Å²) in [6, 6.07) is 15.9. The highest BCUT2D eigenvalue weighted by atomic mass is 127. The zero-order chi connectivity index (χ0) is 18.8. The molecule has 0 aliphatic rings. The minimum Gasteiger partial charge on any atom is -0.472 e. The summed E-state index contributed by atoms with van der Waals surface area (Å²) in [5, 5.41) is 14.4. The minimum absolute atomic E-state index is 0.488. The number of hydrogen-bond acceptors (Lipinski definition) is 4. The second-order valence-corrected chi connectivity index (χ2v) is 7.71. The first-order chi connectivity index (χ1) is 13.1. The number of anilines is 2. The van der Waals surface area contributed by atoms with Gasteiger partial charge in [-0.1, -0.05) is 17.7 Å². The van der Waals surface area contributed by atoms with E-state index in [0.29, 0.717) is 17.0 Å². The van der Waals surface area contributed by atoms with Crippen molar-refractivity contribution in [2.45, 2.75) is 6.42 Å². The van der Waals surface area contributed by atoms with E-state index in [0.717, 1.165) is 37.0 Å². The number of nitrogens with zero attached hydrogens (tertiary/aromatic N) is 2. The Hall–Kier alpha value is -2.56. The number of pyridine rings is 1. The molecule has 0 saturated carbocycles. The maximum Gasteiger partial charge on any atom is 0.103 e. The third-order valence-corrected chi connectivity index (χ3v) is 5.27. The molecule has 1 N–H and O–H groups in total. The number of hydrogen-bond donors (Lipinski definition) is 1. The predicted molar refractivity (Wildman–Crippen MR) is 115 cm³/mol. The van der Waals surface area contributed by atoms with Crippen molar-refractivity contribution in [3.05, 3.63) is 86.5 Å². The molecule has 6 heteroatoms. The van der Waals surface area contributed by atoms with E-state index in [-0.39, 0.29) is 0 Å². The monoisotopic (exact) mass is 485 g/mol. The SMILES string of the molecule is N#Cc1cnc2cc(I)ccc2c1Nc1ccc(Cc2ccoc2)c(Cl)c1. The zero-order valence-corrected chi connectivity index (χ0v) is 17.0. The highest BCUT2D eigenvalue weighted by molar-refractivity contribution is 14.1. The van der Waals surface area contributed by atoms with E-state index in [2.05, 4.69) is 39.0 Å². The van der Waals surface area contributed by atoms with E-state index in [1.165, 1.54) is 0 Å². The molecule has 0 bridgehead atoms. The Bertz CT molecular complexity index is 1170. The van der Waals surface area contributed by atoms with Crippen LogP contribution in [0.15, 0.2) is 65.6 Å². The van der Waals surface area contributed by atoms with Crippen LogP contribution in [-0.2, 0) is 6.42 Å². The summed E-state index contributed by atoms with van der Waals surface area (Å²) in [6.45, 7) is 0. The van der Waals surface area contributed by atoms with Gasteiger partial charge in [0.15, 0.2) is 0 Å². The lowest BCUT2D eigenvalue weighted by Crippen LogP contribution is -1.98. The van der Waals surface area contributed by atoms with E-state index in [4.69, 9.17) is 16.0 Å². The number of nitrogens with one attached hydrogen (secondary N) is 1. The molecular weight excluding hydrogens is 473 g/mol. The first kappa shape index (κ1) is 17.8. The van der Waals surface area contributed by atoms with Crippen LogP contribution in [0.5, 0.6) is 0 Å². The second kappa shape index (κ2) is 7.59. The molecule has 0 aliphatic heterocycles. The van der Waals surface area contributed by atoms with Gasteiger partial charge in [-0.25, -0.2) is 0 Å². The summed E-state index contributed by atoms with van der Waals surface area (Å²) in [6.07, 6.45) is 5.66. The van der Waals surface area contributed by atoms with Crippen LogP contribution in [0.4, 0.5) is 11.4 Å². The van der Waals surface area contributed by atoms with Crippen LogP contribution in [0, 0.1) is 14.9 Å². The van der Waals surface area contributed by atoms with Gasteiger partial charge in [0, 0.05) is 32.3 Å². The summed E-state index contributed by atoms with van der Waals surface area (Å²) in [4.78, 5) is 4.39. The van der Waals surface area contributed by atoms with E-state index in [9.17, 15) is 5.26 Å². The van der Waals surface area contributed by atoms with Gasteiger partial charge in [0.1, 0.15) is 6.07 Å². The van der Waals surface area contributed by atoms with Gasteiger partial charge in [0.05, 0.1) is 29.3 Å². The maximum absolute atomic E-state index is 9.49. The van der Waals surface area contributed by atoms with Crippen molar-refractivity contribution >= 4 is 56.5 Å². The van der Waals surface area contributed by atoms with Gasteiger partial charge in [-0.15, -0.1) is 0 Å². The van der Waals surface area contributed by atoms with Crippen molar-refractivity contribution in [3.63, 3.8) is 0 Å². The van der Waals surface area contributed by atoms with Crippen molar-refractivity contribution in [1.82, 2.24) is 4.98 Å². The molecule has 0 radical (unpaired) electrons. The Morgan fingerprint density at radius 3 is 2.81 bits per heavy atom. The van der Waals surface area contributed by atoms with E-state index in [1.54, 1.807) is 18.7 Å². The van der Waals surface area contributed by atoms with Crippen LogP contribution < -0.4 is 5.32 Å². The molecular formula is C21H13ClIN3O. The third-order valence-electron chi connectivity index (χ3n) is 4.25. The van der Waals surface area contributed by atoms with Gasteiger partial charge in [0.2, 0.25) is 0 Å². The number of fused-ring (bicyclic) bond motifs is 1. The van der Waals surface area contributed by atoms with E-state index >= 15 is 0 Å². The standard InChI is InChI=1S/C21H13ClIN3O/c22-19-9-17(3-1-14(19)7-13-5-6-27-12-13)26-21-15(10-24)11-25-20-8-16(23)2-4-18(20)21/h1-6,8-9,11-12H,7H2,(H,25,26). The Morgan fingerprint density at radius 1 is 1.19 bits per heavy atom. The molecule has 4 nitrogen and oxygen atoms in total. The molecule has 4 rings (SSSR count). The minimum atomic E-state index is 0.488. The molecule has 132 valence electrons. The predicted octanol–water partition coefficient (Wildman–Crippen LogP) is 6.29. The zero-order valence-electron chi connectivity index (χ0n) is 14.0.